The minimum Gasteiger partial charge on any atom is -0.244 e. The molecule has 0 saturated heterocycles. The Morgan fingerprint density at radius 1 is 0.692 bits per heavy atom. The van der Waals surface area contributed by atoms with Crippen molar-refractivity contribution in [1.29, 1.82) is 0 Å². The van der Waals surface area contributed by atoms with Gasteiger partial charge in [-0.2, -0.15) is 0 Å². The Hall–Kier alpha value is 0.280. The van der Waals surface area contributed by atoms with E-state index in [1.165, 1.54) is 0 Å². The van der Waals surface area contributed by atoms with E-state index >= 15 is 0 Å². The maximum atomic E-state index is 10.8. The summed E-state index contributed by atoms with van der Waals surface area (Å²) < 4.78 is 0.254. The number of hydrogen-bond donors (Lipinski definition) is 0. The molecule has 0 bridgehead atoms. The molecule has 0 fully saturated rings. The Balaban J connectivity index is 0.00000144. The second-order valence-corrected chi connectivity index (χ2v) is 2.70. The maximum Gasteiger partial charge on any atom is 1.00 e. The van der Waals surface area contributed by atoms with Crippen LogP contribution in [-0.4, -0.2) is 12.3 Å². The molecule has 1 heterocycles. The zero-order valence-corrected chi connectivity index (χ0v) is 10.5. The van der Waals surface area contributed by atoms with Crippen molar-refractivity contribution in [2.24, 2.45) is 0 Å². The first-order chi connectivity index (χ1) is 5.46. The fourth-order valence-corrected chi connectivity index (χ4v) is 1.05. The summed E-state index contributed by atoms with van der Waals surface area (Å²) >= 11 is 15.3. The van der Waals surface area contributed by atoms with Crippen LogP contribution in [0.2, 0.25) is 0 Å². The van der Waals surface area contributed by atoms with E-state index in [4.69, 9.17) is 35.3 Å². The Kier molecular flexibility index (Phi) is 4.78. The van der Waals surface area contributed by atoms with Crippen molar-refractivity contribution in [1.82, 2.24) is 12.3 Å². The van der Waals surface area contributed by atoms with Crippen molar-refractivity contribution in [2.45, 2.75) is 0 Å². The van der Waals surface area contributed by atoms with Gasteiger partial charge in [0.1, 0.15) is 0 Å². The minimum absolute atomic E-state index is 0. The molecule has 0 aliphatic rings. The van der Waals surface area contributed by atoms with E-state index in [1.54, 1.807) is 0 Å². The predicted molar refractivity (Wildman–Crippen MR) is 43.0 cm³/mol. The molecule has 0 aliphatic carbocycles. The predicted octanol–water partition coefficient (Wildman–Crippen LogP) is -3.82. The molecule has 0 spiro atoms. The molecule has 1 aromatic rings. The largest absolute Gasteiger partial charge is 1.00 e. The van der Waals surface area contributed by atoms with Crippen molar-refractivity contribution in [3.63, 3.8) is 0 Å². The van der Waals surface area contributed by atoms with Gasteiger partial charge in [-0.1, -0.05) is 0 Å². The third-order valence-electron chi connectivity index (χ3n) is 1.01. The average Bonchev–Trinajstić information content (AvgIpc) is 2.08. The van der Waals surface area contributed by atoms with Crippen LogP contribution >= 0.6 is 35.3 Å². The smallest absolute Gasteiger partial charge is 0.244 e. The molecule has 0 saturated carbocycles. The Labute approximate surface area is 108 Å². The molecule has 0 aromatic carbocycles. The average molecular weight is 255 g/mol. The summed E-state index contributed by atoms with van der Waals surface area (Å²) in [5, 5.41) is 0. The molecule has 0 radical (unpaired) electrons. The van der Waals surface area contributed by atoms with Crippen molar-refractivity contribution in [3.05, 3.63) is 31.5 Å². The van der Waals surface area contributed by atoms with Gasteiger partial charge in [-0.05, 0) is 0 Å². The first-order valence-corrected chi connectivity index (χ1v) is 3.48. The summed E-state index contributed by atoms with van der Waals surface area (Å²) in [7, 11) is 0. The van der Waals surface area contributed by atoms with E-state index in [0.29, 0.717) is 0 Å². The van der Waals surface area contributed by atoms with Crippen LogP contribution in [0.5, 0.6) is 0 Å². The zero-order chi connectivity index (χ0) is 9.46. The van der Waals surface area contributed by atoms with E-state index < -0.39 is 17.1 Å². The van der Waals surface area contributed by atoms with E-state index in [1.807, 2.05) is 0 Å². The van der Waals surface area contributed by atoms with Crippen LogP contribution < -0.4 is 46.6 Å². The standard InChI is InChI=1S/C3Cl3N3O3.Na/c4-7-1(10)8(5)3(12)9(6)2(7)11;/q;+1. The fourth-order valence-electron chi connectivity index (χ4n) is 0.477. The number of hydrogen-bond acceptors (Lipinski definition) is 3. The van der Waals surface area contributed by atoms with Crippen LogP contribution in [0.4, 0.5) is 0 Å². The van der Waals surface area contributed by atoms with E-state index in [2.05, 4.69) is 0 Å². The molecular weight excluding hydrogens is 255 g/mol. The summed E-state index contributed by atoms with van der Waals surface area (Å²) in [6.45, 7) is 0. The van der Waals surface area contributed by atoms with Gasteiger partial charge in [0, 0.05) is 35.3 Å². The van der Waals surface area contributed by atoms with Crippen molar-refractivity contribution < 1.29 is 29.6 Å². The molecule has 13 heavy (non-hydrogen) atoms. The Morgan fingerprint density at radius 2 is 0.846 bits per heavy atom. The van der Waals surface area contributed by atoms with Crippen molar-refractivity contribution >= 4 is 35.3 Å². The molecule has 66 valence electrons. The number of rotatable bonds is 0. The second kappa shape index (κ2) is 4.68. The van der Waals surface area contributed by atoms with Crippen LogP contribution in [0.3, 0.4) is 0 Å². The van der Waals surface area contributed by atoms with Crippen LogP contribution in [0.25, 0.3) is 0 Å². The van der Waals surface area contributed by atoms with Gasteiger partial charge in [-0.3, -0.25) is 0 Å². The Bertz CT molecular complexity index is 386. The van der Waals surface area contributed by atoms with Gasteiger partial charge in [0.05, 0.1) is 0 Å². The third-order valence-corrected chi connectivity index (χ3v) is 1.88. The Morgan fingerprint density at radius 3 is 1.00 bits per heavy atom. The second-order valence-electron chi connectivity index (χ2n) is 1.69. The van der Waals surface area contributed by atoms with E-state index in [9.17, 15) is 14.4 Å². The topological polar surface area (TPSA) is 66.0 Å². The van der Waals surface area contributed by atoms with Gasteiger partial charge in [-0.25, -0.2) is 14.4 Å². The van der Waals surface area contributed by atoms with Gasteiger partial charge in [0.25, 0.3) is 0 Å². The molecule has 10 heteroatoms. The molecule has 1 rings (SSSR count). The van der Waals surface area contributed by atoms with Gasteiger partial charge >= 0.3 is 46.6 Å². The quantitative estimate of drug-likeness (QED) is 0.446. The van der Waals surface area contributed by atoms with E-state index in [-0.39, 0.29) is 41.8 Å². The van der Waals surface area contributed by atoms with Gasteiger partial charge in [-0.15, -0.1) is 12.3 Å². The SMILES string of the molecule is O=c1n(Cl)c(=O)n(Cl)c(=O)n1Cl.[Na+]. The van der Waals surface area contributed by atoms with Gasteiger partial charge in [0.2, 0.25) is 0 Å². The molecular formula is C3Cl3N3NaO3+. The monoisotopic (exact) mass is 254 g/mol. The first kappa shape index (κ1) is 13.3. The normalized spacial score (nSPS) is 9.46. The summed E-state index contributed by atoms with van der Waals surface area (Å²) in [5.41, 5.74) is -3.49. The van der Waals surface area contributed by atoms with Crippen LogP contribution in [0, 0.1) is 0 Å². The first-order valence-electron chi connectivity index (χ1n) is 2.46. The van der Waals surface area contributed by atoms with Crippen LogP contribution in [0.1, 0.15) is 0 Å². The molecule has 1 aromatic heterocycles. The van der Waals surface area contributed by atoms with E-state index in [0.717, 1.165) is 0 Å². The number of halogens is 3. The molecule has 0 atom stereocenters. The number of nitrogens with zero attached hydrogens (tertiary/aromatic N) is 3. The van der Waals surface area contributed by atoms with Gasteiger partial charge in [0.15, 0.2) is 0 Å². The van der Waals surface area contributed by atoms with Crippen molar-refractivity contribution in [2.75, 3.05) is 0 Å². The number of aromatic nitrogens is 3. The van der Waals surface area contributed by atoms with Crippen LogP contribution in [-0.2, 0) is 0 Å². The summed E-state index contributed by atoms with van der Waals surface area (Å²) in [5.74, 6) is 0. The molecule has 6 nitrogen and oxygen atoms in total. The van der Waals surface area contributed by atoms with Crippen molar-refractivity contribution in [3.8, 4) is 0 Å². The summed E-state index contributed by atoms with van der Waals surface area (Å²) in [6, 6.07) is 0. The third kappa shape index (κ3) is 2.20. The zero-order valence-electron chi connectivity index (χ0n) is 6.20. The molecule has 0 unspecified atom stereocenters. The molecule has 0 aliphatic heterocycles. The fraction of sp³-hybridized carbons (Fsp3) is 0. The summed E-state index contributed by atoms with van der Waals surface area (Å²) in [4.78, 5) is 32.3. The molecule has 0 amide bonds. The summed E-state index contributed by atoms with van der Waals surface area (Å²) in [6.07, 6.45) is 0. The van der Waals surface area contributed by atoms with Crippen LogP contribution in [0.15, 0.2) is 14.4 Å². The minimum atomic E-state index is -1.16. The molecule has 0 N–H and O–H groups in total. The van der Waals surface area contributed by atoms with Gasteiger partial charge < -0.3 is 0 Å². The maximum absolute atomic E-state index is 10.8.